The third-order valence-corrected chi connectivity index (χ3v) is 3.48. The smallest absolute Gasteiger partial charge is 0.310 e. The van der Waals surface area contributed by atoms with Gasteiger partial charge < -0.3 is 5.11 Å². The second kappa shape index (κ2) is 4.30. The van der Waals surface area contributed by atoms with Crippen molar-refractivity contribution >= 4 is 5.97 Å². The molecule has 0 spiro atoms. The fraction of sp³-hybridized carbons (Fsp3) is 0.909. The van der Waals surface area contributed by atoms with E-state index in [-0.39, 0.29) is 0 Å². The number of carboxylic acids is 1. The molecule has 0 aromatic rings. The van der Waals surface area contributed by atoms with Crippen molar-refractivity contribution in [1.29, 1.82) is 0 Å². The Morgan fingerprint density at radius 3 is 2.43 bits per heavy atom. The first-order chi connectivity index (χ1) is 6.53. The van der Waals surface area contributed by atoms with Crippen molar-refractivity contribution < 1.29 is 9.90 Å². The van der Waals surface area contributed by atoms with E-state index >= 15 is 0 Å². The Hall–Kier alpha value is -0.570. The molecule has 1 atom stereocenters. The van der Waals surface area contributed by atoms with Gasteiger partial charge in [0, 0.05) is 12.6 Å². The summed E-state index contributed by atoms with van der Waals surface area (Å²) in [6.07, 6.45) is 3.03. The molecule has 1 heterocycles. The average Bonchev–Trinajstić information content (AvgIpc) is 2.52. The van der Waals surface area contributed by atoms with Crippen molar-refractivity contribution in [3.8, 4) is 0 Å². The van der Waals surface area contributed by atoms with Gasteiger partial charge in [0.2, 0.25) is 0 Å². The average molecular weight is 199 g/mol. The molecule has 1 saturated heterocycles. The lowest BCUT2D eigenvalue weighted by molar-refractivity contribution is -0.147. The molecule has 1 aliphatic rings. The summed E-state index contributed by atoms with van der Waals surface area (Å²) in [4.78, 5) is 13.4. The Balaban J connectivity index is 2.60. The van der Waals surface area contributed by atoms with Crippen molar-refractivity contribution in [2.75, 3.05) is 13.1 Å². The van der Waals surface area contributed by atoms with Crippen LogP contribution in [0.25, 0.3) is 0 Å². The van der Waals surface area contributed by atoms with Gasteiger partial charge in [-0.2, -0.15) is 0 Å². The molecular formula is C11H21NO2. The normalized spacial score (nSPS) is 28.6. The summed E-state index contributed by atoms with van der Waals surface area (Å²) in [6.45, 7) is 7.86. The van der Waals surface area contributed by atoms with Crippen LogP contribution in [0, 0.1) is 5.41 Å². The Bertz CT molecular complexity index is 213. The van der Waals surface area contributed by atoms with E-state index in [1.807, 2.05) is 6.92 Å². The van der Waals surface area contributed by atoms with Gasteiger partial charge in [-0.3, -0.25) is 9.69 Å². The topological polar surface area (TPSA) is 40.5 Å². The molecule has 3 heteroatoms. The summed E-state index contributed by atoms with van der Waals surface area (Å²) < 4.78 is 0. The highest BCUT2D eigenvalue weighted by Gasteiger charge is 2.41. The number of hydrogen-bond donors (Lipinski definition) is 1. The highest BCUT2D eigenvalue weighted by molar-refractivity contribution is 5.74. The molecule has 0 amide bonds. The Kier molecular flexibility index (Phi) is 3.53. The lowest BCUT2D eigenvalue weighted by atomic mass is 9.90. The Morgan fingerprint density at radius 1 is 1.50 bits per heavy atom. The maximum absolute atomic E-state index is 11.0. The second-order valence-corrected chi connectivity index (χ2v) is 4.56. The molecule has 3 nitrogen and oxygen atoms in total. The fourth-order valence-electron chi connectivity index (χ4n) is 2.29. The molecule has 1 unspecified atom stereocenters. The minimum Gasteiger partial charge on any atom is -0.481 e. The first-order valence-corrected chi connectivity index (χ1v) is 5.51. The fourth-order valence-corrected chi connectivity index (χ4v) is 2.29. The van der Waals surface area contributed by atoms with E-state index in [0.29, 0.717) is 12.6 Å². The van der Waals surface area contributed by atoms with E-state index < -0.39 is 11.4 Å². The van der Waals surface area contributed by atoms with Crippen molar-refractivity contribution in [2.24, 2.45) is 5.41 Å². The quantitative estimate of drug-likeness (QED) is 0.752. The monoisotopic (exact) mass is 199 g/mol. The SMILES string of the molecule is CCC(CC)N1CCC(C)(C(=O)O)C1. The van der Waals surface area contributed by atoms with Crippen LogP contribution < -0.4 is 0 Å². The zero-order chi connectivity index (χ0) is 10.8. The summed E-state index contributed by atoms with van der Waals surface area (Å²) in [6, 6.07) is 0.566. The maximum atomic E-state index is 11.0. The summed E-state index contributed by atoms with van der Waals surface area (Å²) in [5, 5.41) is 9.09. The van der Waals surface area contributed by atoms with E-state index in [9.17, 15) is 4.79 Å². The van der Waals surface area contributed by atoms with Gasteiger partial charge in [-0.15, -0.1) is 0 Å². The van der Waals surface area contributed by atoms with Crippen molar-refractivity contribution in [3.63, 3.8) is 0 Å². The Labute approximate surface area is 86.1 Å². The van der Waals surface area contributed by atoms with Crippen molar-refractivity contribution in [2.45, 2.75) is 46.1 Å². The van der Waals surface area contributed by atoms with Crippen LogP contribution in [-0.2, 0) is 4.79 Å². The standard InChI is InChI=1S/C11H21NO2/c1-4-9(5-2)12-7-6-11(3,8-12)10(13)14/h9H,4-8H2,1-3H3,(H,13,14). The van der Waals surface area contributed by atoms with Crippen LogP contribution in [0.4, 0.5) is 0 Å². The summed E-state index contributed by atoms with van der Waals surface area (Å²) in [5.74, 6) is -0.647. The van der Waals surface area contributed by atoms with Crippen LogP contribution in [0.5, 0.6) is 0 Å². The molecule has 82 valence electrons. The molecule has 0 bridgehead atoms. The predicted molar refractivity (Wildman–Crippen MR) is 56.3 cm³/mol. The van der Waals surface area contributed by atoms with Crippen LogP contribution in [0.2, 0.25) is 0 Å². The van der Waals surface area contributed by atoms with E-state index in [4.69, 9.17) is 5.11 Å². The summed E-state index contributed by atoms with van der Waals surface area (Å²) in [7, 11) is 0. The number of nitrogens with zero attached hydrogens (tertiary/aromatic N) is 1. The number of aliphatic carboxylic acids is 1. The van der Waals surface area contributed by atoms with Gasteiger partial charge in [0.25, 0.3) is 0 Å². The van der Waals surface area contributed by atoms with Crippen LogP contribution in [0.1, 0.15) is 40.0 Å². The molecule has 1 fully saturated rings. The first-order valence-electron chi connectivity index (χ1n) is 5.51. The van der Waals surface area contributed by atoms with Gasteiger partial charge in [-0.25, -0.2) is 0 Å². The van der Waals surface area contributed by atoms with Gasteiger partial charge in [-0.1, -0.05) is 13.8 Å². The number of carbonyl (C=O) groups is 1. The zero-order valence-electron chi connectivity index (χ0n) is 9.42. The second-order valence-electron chi connectivity index (χ2n) is 4.56. The molecular weight excluding hydrogens is 178 g/mol. The molecule has 0 aromatic heterocycles. The van der Waals surface area contributed by atoms with Gasteiger partial charge in [-0.05, 0) is 32.7 Å². The lowest BCUT2D eigenvalue weighted by Crippen LogP contribution is -2.36. The lowest BCUT2D eigenvalue weighted by Gasteiger charge is -2.27. The first kappa shape index (κ1) is 11.5. The van der Waals surface area contributed by atoms with Gasteiger partial charge in [0.15, 0.2) is 0 Å². The third kappa shape index (κ3) is 2.08. The number of hydrogen-bond acceptors (Lipinski definition) is 2. The molecule has 0 saturated carbocycles. The minimum atomic E-state index is -0.647. The highest BCUT2D eigenvalue weighted by Crippen LogP contribution is 2.32. The Morgan fingerprint density at radius 2 is 2.07 bits per heavy atom. The van der Waals surface area contributed by atoms with E-state index in [2.05, 4.69) is 18.7 Å². The summed E-state index contributed by atoms with van der Waals surface area (Å²) in [5.41, 5.74) is -0.511. The maximum Gasteiger partial charge on any atom is 0.310 e. The third-order valence-electron chi connectivity index (χ3n) is 3.48. The van der Waals surface area contributed by atoms with Gasteiger partial charge >= 0.3 is 5.97 Å². The number of likely N-dealkylation sites (tertiary alicyclic amines) is 1. The summed E-state index contributed by atoms with van der Waals surface area (Å²) >= 11 is 0. The van der Waals surface area contributed by atoms with E-state index in [1.165, 1.54) is 0 Å². The molecule has 1 N–H and O–H groups in total. The highest BCUT2D eigenvalue weighted by atomic mass is 16.4. The van der Waals surface area contributed by atoms with Crippen LogP contribution in [-0.4, -0.2) is 35.1 Å². The largest absolute Gasteiger partial charge is 0.481 e. The van der Waals surface area contributed by atoms with E-state index in [1.54, 1.807) is 0 Å². The predicted octanol–water partition coefficient (Wildman–Crippen LogP) is 1.97. The number of rotatable bonds is 4. The van der Waals surface area contributed by atoms with E-state index in [0.717, 1.165) is 25.8 Å². The molecule has 14 heavy (non-hydrogen) atoms. The minimum absolute atomic E-state index is 0.511. The van der Waals surface area contributed by atoms with Crippen LogP contribution >= 0.6 is 0 Å². The van der Waals surface area contributed by atoms with Crippen molar-refractivity contribution in [3.05, 3.63) is 0 Å². The zero-order valence-corrected chi connectivity index (χ0v) is 9.42. The van der Waals surface area contributed by atoms with Gasteiger partial charge in [0.1, 0.15) is 0 Å². The molecule has 0 radical (unpaired) electrons. The van der Waals surface area contributed by atoms with Crippen LogP contribution in [0.15, 0.2) is 0 Å². The molecule has 0 aromatic carbocycles. The van der Waals surface area contributed by atoms with Crippen LogP contribution in [0.3, 0.4) is 0 Å². The molecule has 1 aliphatic heterocycles. The van der Waals surface area contributed by atoms with Gasteiger partial charge in [0.05, 0.1) is 5.41 Å². The van der Waals surface area contributed by atoms with Crippen molar-refractivity contribution in [1.82, 2.24) is 4.90 Å². The molecule has 1 rings (SSSR count). The molecule has 0 aliphatic carbocycles. The number of carboxylic acid groups (broad SMARTS) is 1.